The van der Waals surface area contributed by atoms with E-state index in [0.29, 0.717) is 0 Å². The zero-order valence-electron chi connectivity index (χ0n) is 7.07. The molecule has 0 aromatic carbocycles. The molecule has 0 aromatic heterocycles. The molecule has 1 aliphatic heterocycles. The number of carboxylic acid groups (broad SMARTS) is 1. The van der Waals surface area contributed by atoms with Crippen molar-refractivity contribution < 1.29 is 19.5 Å². The van der Waals surface area contributed by atoms with Crippen LogP contribution in [0, 0.1) is 0 Å². The quantitative estimate of drug-likeness (QED) is 0.679. The molecule has 0 aromatic rings. The first-order valence-corrected chi connectivity index (χ1v) is 4.86. The molecule has 0 spiro atoms. The van der Waals surface area contributed by atoms with Crippen molar-refractivity contribution in [3.63, 3.8) is 0 Å². The normalized spacial score (nSPS) is 15.9. The van der Waals surface area contributed by atoms with Gasteiger partial charge in [0.25, 0.3) is 0 Å². The lowest BCUT2D eigenvalue weighted by atomic mass is 10.5. The number of hydrogen-bond donors (Lipinski definition) is 2. The van der Waals surface area contributed by atoms with Crippen LogP contribution >= 0.6 is 15.9 Å². The highest BCUT2D eigenvalue weighted by molar-refractivity contribution is 9.09. The van der Waals surface area contributed by atoms with Crippen molar-refractivity contribution in [2.45, 2.75) is 0 Å². The average molecular weight is 266 g/mol. The molecule has 0 atom stereocenters. The summed E-state index contributed by atoms with van der Waals surface area (Å²) in [4.78, 5) is 33.6. The molecule has 0 unspecified atom stereocenters. The maximum atomic E-state index is 11.3. The molecular weight excluding hydrogens is 258 g/mol. The number of carbonyl (C=O) groups excluding carboxylic acids is 2. The molecule has 1 saturated heterocycles. The number of amides is 4. The minimum absolute atomic E-state index is 0.0413. The van der Waals surface area contributed by atoms with E-state index in [9.17, 15) is 14.4 Å². The van der Waals surface area contributed by atoms with Gasteiger partial charge in [0.2, 0.25) is 5.91 Å². The number of nitrogens with zero attached hydrogens (tertiary/aromatic N) is 2. The van der Waals surface area contributed by atoms with E-state index in [-0.39, 0.29) is 24.3 Å². The zero-order valence-corrected chi connectivity index (χ0v) is 8.65. The average Bonchev–Trinajstić information content (AvgIpc) is 2.46. The number of urea groups is 1. The number of alkyl halides is 1. The van der Waals surface area contributed by atoms with Gasteiger partial charge >= 0.3 is 12.1 Å². The van der Waals surface area contributed by atoms with E-state index in [4.69, 9.17) is 5.11 Å². The van der Waals surface area contributed by atoms with E-state index in [1.54, 1.807) is 0 Å². The summed E-state index contributed by atoms with van der Waals surface area (Å²) in [5.74, 6) is -0.385. The van der Waals surface area contributed by atoms with Crippen LogP contribution in [0.5, 0.6) is 0 Å². The lowest BCUT2D eigenvalue weighted by Gasteiger charge is -2.15. The summed E-state index contributed by atoms with van der Waals surface area (Å²) in [6, 6.07) is -0.642. The highest BCUT2D eigenvalue weighted by atomic mass is 79.9. The molecule has 1 fully saturated rings. The second-order valence-electron chi connectivity index (χ2n) is 2.53. The van der Waals surface area contributed by atoms with Gasteiger partial charge in [-0.05, 0) is 0 Å². The third kappa shape index (κ3) is 2.13. The number of hydrogen-bond acceptors (Lipinski definition) is 3. The molecular formula is C6H8BrN3O4. The first kappa shape index (κ1) is 10.8. The molecule has 78 valence electrons. The van der Waals surface area contributed by atoms with Crippen LogP contribution in [0.3, 0.4) is 0 Å². The van der Waals surface area contributed by atoms with Gasteiger partial charge in [-0.25, -0.2) is 20.0 Å². The molecule has 0 aliphatic carbocycles. The Hall–Kier alpha value is -1.31. The topological polar surface area (TPSA) is 89.9 Å². The Morgan fingerprint density at radius 3 is 2.64 bits per heavy atom. The van der Waals surface area contributed by atoms with Gasteiger partial charge in [-0.3, -0.25) is 9.69 Å². The van der Waals surface area contributed by atoms with E-state index in [0.717, 1.165) is 9.91 Å². The predicted molar refractivity (Wildman–Crippen MR) is 48.8 cm³/mol. The molecule has 7 nitrogen and oxygen atoms in total. The number of nitrogens with one attached hydrogen (secondary N) is 1. The Morgan fingerprint density at radius 2 is 2.14 bits per heavy atom. The zero-order chi connectivity index (χ0) is 10.7. The second-order valence-corrected chi connectivity index (χ2v) is 3.09. The maximum absolute atomic E-state index is 11.3. The number of hydrazine groups is 1. The first-order valence-electron chi connectivity index (χ1n) is 3.73. The molecule has 0 radical (unpaired) electrons. The minimum Gasteiger partial charge on any atom is -0.464 e. The Kier molecular flexibility index (Phi) is 3.28. The van der Waals surface area contributed by atoms with Gasteiger partial charge in [0.15, 0.2) is 0 Å². The minimum atomic E-state index is -1.33. The molecule has 14 heavy (non-hydrogen) atoms. The van der Waals surface area contributed by atoms with Crippen LogP contribution < -0.4 is 5.43 Å². The Morgan fingerprint density at radius 1 is 1.50 bits per heavy atom. The van der Waals surface area contributed by atoms with E-state index in [1.807, 2.05) is 5.43 Å². The van der Waals surface area contributed by atoms with Crippen LogP contribution in [0.1, 0.15) is 0 Å². The smallest absolute Gasteiger partial charge is 0.423 e. The van der Waals surface area contributed by atoms with Crippen molar-refractivity contribution >= 4 is 34.0 Å². The summed E-state index contributed by atoms with van der Waals surface area (Å²) in [6.45, 7) is 0.368. The summed E-state index contributed by atoms with van der Waals surface area (Å²) >= 11 is 2.92. The van der Waals surface area contributed by atoms with Gasteiger partial charge in [-0.15, -0.1) is 0 Å². The lowest BCUT2D eigenvalue weighted by molar-refractivity contribution is -0.124. The third-order valence-electron chi connectivity index (χ3n) is 1.65. The summed E-state index contributed by atoms with van der Waals surface area (Å²) in [5.41, 5.74) is 1.89. The van der Waals surface area contributed by atoms with Crippen LogP contribution in [-0.4, -0.2) is 51.5 Å². The van der Waals surface area contributed by atoms with Crippen molar-refractivity contribution in [1.82, 2.24) is 15.3 Å². The standard InChI is InChI=1S/C6H8BrN3O4/c7-3-4(11)9-1-2-10(6(9)14)8-5(12)13/h8H,1-3H2,(H,12,13). The summed E-state index contributed by atoms with van der Waals surface area (Å²) in [5, 5.41) is 9.28. The first-order chi connectivity index (χ1) is 6.56. The summed E-state index contributed by atoms with van der Waals surface area (Å²) in [6.07, 6.45) is -1.33. The second kappa shape index (κ2) is 4.27. The highest BCUT2D eigenvalue weighted by Crippen LogP contribution is 2.07. The van der Waals surface area contributed by atoms with E-state index in [2.05, 4.69) is 15.9 Å². The lowest BCUT2D eigenvalue weighted by Crippen LogP contribution is -2.45. The number of carbonyl (C=O) groups is 3. The van der Waals surface area contributed by atoms with Crippen molar-refractivity contribution in [2.75, 3.05) is 18.4 Å². The monoisotopic (exact) mass is 265 g/mol. The number of imide groups is 1. The van der Waals surface area contributed by atoms with Crippen LogP contribution in [0.2, 0.25) is 0 Å². The fourth-order valence-electron chi connectivity index (χ4n) is 1.06. The van der Waals surface area contributed by atoms with Crippen LogP contribution in [0.15, 0.2) is 0 Å². The van der Waals surface area contributed by atoms with Gasteiger partial charge < -0.3 is 5.11 Å². The van der Waals surface area contributed by atoms with Crippen LogP contribution in [0.25, 0.3) is 0 Å². The summed E-state index contributed by atoms with van der Waals surface area (Å²) in [7, 11) is 0. The van der Waals surface area contributed by atoms with Crippen LogP contribution in [-0.2, 0) is 4.79 Å². The predicted octanol–water partition coefficient (Wildman–Crippen LogP) is -0.172. The van der Waals surface area contributed by atoms with E-state index < -0.39 is 12.1 Å². The Labute approximate surface area is 87.7 Å². The SMILES string of the molecule is O=C(O)NN1CCN(C(=O)CBr)C1=O. The molecule has 0 bridgehead atoms. The van der Waals surface area contributed by atoms with Crippen molar-refractivity contribution in [3.05, 3.63) is 0 Å². The maximum Gasteiger partial charge on any atom is 0.423 e. The van der Waals surface area contributed by atoms with Crippen molar-refractivity contribution in [1.29, 1.82) is 0 Å². The van der Waals surface area contributed by atoms with Gasteiger partial charge in [0.1, 0.15) is 0 Å². The molecule has 0 saturated carbocycles. The van der Waals surface area contributed by atoms with Gasteiger partial charge in [-0.1, -0.05) is 15.9 Å². The highest BCUT2D eigenvalue weighted by Gasteiger charge is 2.33. The Balaban J connectivity index is 2.60. The van der Waals surface area contributed by atoms with Gasteiger partial charge in [-0.2, -0.15) is 0 Å². The van der Waals surface area contributed by atoms with Crippen molar-refractivity contribution in [2.24, 2.45) is 0 Å². The molecule has 1 aliphatic rings. The molecule has 8 heteroatoms. The van der Waals surface area contributed by atoms with E-state index in [1.165, 1.54) is 0 Å². The third-order valence-corrected chi connectivity index (χ3v) is 2.13. The molecule has 1 heterocycles. The largest absolute Gasteiger partial charge is 0.464 e. The van der Waals surface area contributed by atoms with Crippen LogP contribution in [0.4, 0.5) is 9.59 Å². The Bertz CT molecular complexity index is 282. The fourth-order valence-corrected chi connectivity index (χ4v) is 1.36. The van der Waals surface area contributed by atoms with Gasteiger partial charge in [0, 0.05) is 0 Å². The fraction of sp³-hybridized carbons (Fsp3) is 0.500. The summed E-state index contributed by atoms with van der Waals surface area (Å²) < 4.78 is 0. The van der Waals surface area contributed by atoms with Gasteiger partial charge in [0.05, 0.1) is 18.4 Å². The molecule has 4 amide bonds. The number of halogens is 1. The molecule has 1 rings (SSSR count). The van der Waals surface area contributed by atoms with Crippen molar-refractivity contribution in [3.8, 4) is 0 Å². The molecule has 2 N–H and O–H groups in total. The number of rotatable bonds is 2. The van der Waals surface area contributed by atoms with E-state index >= 15 is 0 Å².